The van der Waals surface area contributed by atoms with Crippen molar-refractivity contribution < 1.29 is 14.6 Å². The Hall–Kier alpha value is -2.78. The highest BCUT2D eigenvalue weighted by atomic mass is 32.1. The van der Waals surface area contributed by atoms with E-state index in [1.807, 2.05) is 46.0 Å². The van der Waals surface area contributed by atoms with E-state index in [2.05, 4.69) is 15.2 Å². The van der Waals surface area contributed by atoms with Gasteiger partial charge in [0.05, 0.1) is 25.9 Å². The van der Waals surface area contributed by atoms with Crippen molar-refractivity contribution in [1.29, 1.82) is 0 Å². The van der Waals surface area contributed by atoms with Crippen molar-refractivity contribution in [2.45, 2.75) is 32.6 Å². The second-order valence-electron chi connectivity index (χ2n) is 6.41. The molecule has 1 atom stereocenters. The third kappa shape index (κ3) is 3.43. The number of thiazole rings is 1. The molecule has 4 rings (SSSR count). The average molecular weight is 385 g/mol. The van der Waals surface area contributed by atoms with Crippen LogP contribution in [0.3, 0.4) is 0 Å². The van der Waals surface area contributed by atoms with Crippen LogP contribution < -0.4 is 4.74 Å². The second kappa shape index (κ2) is 7.09. The molecule has 1 aliphatic heterocycles. The molecule has 1 N–H and O–H groups in total. The number of hydrogen-bond donors (Lipinski definition) is 1. The van der Waals surface area contributed by atoms with Crippen molar-refractivity contribution in [3.8, 4) is 16.3 Å². The summed E-state index contributed by atoms with van der Waals surface area (Å²) in [6.45, 7) is 3.08. The van der Waals surface area contributed by atoms with Gasteiger partial charge < -0.3 is 14.4 Å². The van der Waals surface area contributed by atoms with Crippen molar-refractivity contribution in [1.82, 2.24) is 24.6 Å². The summed E-state index contributed by atoms with van der Waals surface area (Å²) in [6, 6.07) is 7.10. The Balaban J connectivity index is 1.54. The molecule has 3 aromatic rings. The highest BCUT2D eigenvalue weighted by Crippen LogP contribution is 2.27. The molecule has 2 aromatic heterocycles. The maximum atomic E-state index is 11.8. The Morgan fingerprint density at radius 2 is 2.11 bits per heavy atom. The van der Waals surface area contributed by atoms with E-state index in [4.69, 9.17) is 4.74 Å². The molecule has 0 radical (unpaired) electrons. The third-order valence-electron chi connectivity index (χ3n) is 4.69. The molecule has 3 heterocycles. The van der Waals surface area contributed by atoms with E-state index in [1.165, 1.54) is 0 Å². The first-order valence-electron chi connectivity index (χ1n) is 8.49. The lowest BCUT2D eigenvalue weighted by Gasteiger charge is -2.32. The van der Waals surface area contributed by atoms with Crippen LogP contribution in [0.15, 0.2) is 29.6 Å². The van der Waals surface area contributed by atoms with Gasteiger partial charge in [-0.1, -0.05) is 0 Å². The number of fused-ring (bicyclic) bond motifs is 1. The van der Waals surface area contributed by atoms with Crippen LogP contribution in [0, 0.1) is 6.92 Å². The summed E-state index contributed by atoms with van der Waals surface area (Å²) >= 11 is 1.54. The first-order chi connectivity index (χ1) is 13.0. The van der Waals surface area contributed by atoms with Crippen LogP contribution >= 0.6 is 11.3 Å². The Morgan fingerprint density at radius 3 is 2.81 bits per heavy atom. The Morgan fingerprint density at radius 1 is 1.33 bits per heavy atom. The van der Waals surface area contributed by atoms with E-state index < -0.39 is 12.0 Å². The quantitative estimate of drug-likeness (QED) is 0.719. The fraction of sp³-hybridized carbons (Fsp3) is 0.333. The van der Waals surface area contributed by atoms with Crippen LogP contribution in [0.1, 0.15) is 17.3 Å². The maximum Gasteiger partial charge on any atom is 0.322 e. The van der Waals surface area contributed by atoms with Crippen LogP contribution in [0.4, 0.5) is 0 Å². The lowest BCUT2D eigenvalue weighted by Crippen LogP contribution is -2.47. The predicted octanol–water partition coefficient (Wildman–Crippen LogP) is 2.19. The van der Waals surface area contributed by atoms with Gasteiger partial charge in [-0.3, -0.25) is 9.69 Å². The highest BCUT2D eigenvalue weighted by molar-refractivity contribution is 7.13. The van der Waals surface area contributed by atoms with Crippen LogP contribution in [0.2, 0.25) is 0 Å². The molecule has 1 aliphatic rings. The summed E-state index contributed by atoms with van der Waals surface area (Å²) in [6.07, 6.45) is 0. The molecule has 0 saturated carbocycles. The van der Waals surface area contributed by atoms with Crippen LogP contribution in [0.25, 0.3) is 10.6 Å². The van der Waals surface area contributed by atoms with E-state index in [-0.39, 0.29) is 0 Å². The summed E-state index contributed by atoms with van der Waals surface area (Å²) in [7, 11) is 1.64. The monoisotopic (exact) mass is 385 g/mol. The average Bonchev–Trinajstić information content (AvgIpc) is 3.28. The number of methoxy groups -OCH3 is 1. The fourth-order valence-electron chi connectivity index (χ4n) is 3.21. The number of benzene rings is 1. The number of nitrogens with zero attached hydrogens (tertiary/aromatic N) is 5. The van der Waals surface area contributed by atoms with Crippen molar-refractivity contribution >= 4 is 17.3 Å². The normalized spacial score (nSPS) is 16.9. The van der Waals surface area contributed by atoms with Crippen molar-refractivity contribution in [2.75, 3.05) is 7.11 Å². The Labute approximate surface area is 160 Å². The zero-order valence-electron chi connectivity index (χ0n) is 15.0. The molecule has 1 aromatic carbocycles. The molecule has 8 nitrogen and oxygen atoms in total. The van der Waals surface area contributed by atoms with Gasteiger partial charge in [0.25, 0.3) is 0 Å². The summed E-state index contributed by atoms with van der Waals surface area (Å²) < 4.78 is 7.06. The number of ether oxygens (including phenoxy) is 1. The van der Waals surface area contributed by atoms with Gasteiger partial charge >= 0.3 is 5.97 Å². The molecule has 0 amide bonds. The van der Waals surface area contributed by atoms with E-state index in [1.54, 1.807) is 18.4 Å². The van der Waals surface area contributed by atoms with Gasteiger partial charge in [-0.15, -0.1) is 21.5 Å². The molecule has 27 heavy (non-hydrogen) atoms. The molecular formula is C18H19N5O3S. The van der Waals surface area contributed by atoms with Gasteiger partial charge in [0.15, 0.2) is 0 Å². The van der Waals surface area contributed by atoms with Gasteiger partial charge in [-0.25, -0.2) is 4.98 Å². The Bertz CT molecular complexity index is 966. The van der Waals surface area contributed by atoms with Crippen molar-refractivity contribution in [3.63, 3.8) is 0 Å². The summed E-state index contributed by atoms with van der Waals surface area (Å²) in [5, 5.41) is 20.7. The third-order valence-corrected chi connectivity index (χ3v) is 5.63. The van der Waals surface area contributed by atoms with E-state index in [9.17, 15) is 9.90 Å². The zero-order valence-corrected chi connectivity index (χ0v) is 15.8. The molecule has 1 unspecified atom stereocenters. The standard InChI is InChI=1S/C18H19N5O3S/c1-11-20-21-16-9-22(15(18(24)25)8-23(11)16)7-13-10-27-17(19-13)12-3-5-14(26-2)6-4-12/h3-6,10,15H,7-9H2,1-2H3,(H,24,25). The molecule has 140 valence electrons. The van der Waals surface area contributed by atoms with E-state index in [0.29, 0.717) is 19.6 Å². The predicted molar refractivity (Wildman–Crippen MR) is 99.5 cm³/mol. The lowest BCUT2D eigenvalue weighted by atomic mass is 10.1. The molecule has 0 aliphatic carbocycles. The SMILES string of the molecule is COc1ccc(-c2nc(CN3Cc4nnc(C)n4CC3C(=O)O)cs2)cc1. The van der Waals surface area contributed by atoms with Gasteiger partial charge in [0.2, 0.25) is 0 Å². The first kappa shape index (κ1) is 17.6. The molecule has 0 spiro atoms. The minimum Gasteiger partial charge on any atom is -0.497 e. The summed E-state index contributed by atoms with van der Waals surface area (Å²) in [4.78, 5) is 18.3. The number of hydrogen-bond acceptors (Lipinski definition) is 7. The van der Waals surface area contributed by atoms with Crippen molar-refractivity contribution in [3.05, 3.63) is 47.0 Å². The van der Waals surface area contributed by atoms with E-state index >= 15 is 0 Å². The minimum absolute atomic E-state index is 0.346. The first-order valence-corrected chi connectivity index (χ1v) is 9.37. The molecular weight excluding hydrogens is 366 g/mol. The molecule has 9 heteroatoms. The fourth-order valence-corrected chi connectivity index (χ4v) is 4.03. The lowest BCUT2D eigenvalue weighted by molar-refractivity contribution is -0.145. The van der Waals surface area contributed by atoms with E-state index in [0.717, 1.165) is 33.7 Å². The largest absolute Gasteiger partial charge is 0.497 e. The number of carbonyl (C=O) groups is 1. The number of aliphatic carboxylic acids is 1. The number of carboxylic acids is 1. The molecule has 0 saturated heterocycles. The number of aromatic nitrogens is 4. The Kier molecular flexibility index (Phi) is 4.63. The van der Waals surface area contributed by atoms with Crippen LogP contribution in [-0.2, 0) is 24.4 Å². The van der Waals surface area contributed by atoms with Crippen LogP contribution in [0.5, 0.6) is 5.75 Å². The molecule has 0 bridgehead atoms. The summed E-state index contributed by atoms with van der Waals surface area (Å²) in [5.74, 6) is 1.48. The minimum atomic E-state index is -0.848. The van der Waals surface area contributed by atoms with Gasteiger partial charge in [0.1, 0.15) is 28.4 Å². The second-order valence-corrected chi connectivity index (χ2v) is 7.26. The maximum absolute atomic E-state index is 11.8. The van der Waals surface area contributed by atoms with Crippen LogP contribution in [-0.4, -0.2) is 48.9 Å². The van der Waals surface area contributed by atoms with Gasteiger partial charge in [0, 0.05) is 17.5 Å². The zero-order chi connectivity index (χ0) is 19.0. The van der Waals surface area contributed by atoms with Crippen molar-refractivity contribution in [2.24, 2.45) is 0 Å². The highest BCUT2D eigenvalue weighted by Gasteiger charge is 2.33. The topological polar surface area (TPSA) is 93.4 Å². The number of carboxylic acid groups (broad SMARTS) is 1. The number of aryl methyl sites for hydroxylation is 1. The summed E-state index contributed by atoms with van der Waals surface area (Å²) in [5.41, 5.74) is 1.86. The molecule has 0 fully saturated rings. The van der Waals surface area contributed by atoms with Gasteiger partial charge in [-0.2, -0.15) is 0 Å². The smallest absolute Gasteiger partial charge is 0.322 e. The number of rotatable bonds is 5. The van der Waals surface area contributed by atoms with Gasteiger partial charge in [-0.05, 0) is 31.2 Å².